The van der Waals surface area contributed by atoms with Crippen LogP contribution in [0.5, 0.6) is 0 Å². The summed E-state index contributed by atoms with van der Waals surface area (Å²) in [4.78, 5) is 78.5. The fraction of sp³-hybridized carbons (Fsp3) is 0.489. The number of carbonyl (C=O) groups is 4. The summed E-state index contributed by atoms with van der Waals surface area (Å²) in [5.74, 6) is -2.09. The van der Waals surface area contributed by atoms with Crippen molar-refractivity contribution in [3.63, 3.8) is 0 Å². The van der Waals surface area contributed by atoms with Crippen LogP contribution in [0.2, 0.25) is 0 Å². The molecular formula is C47H60N8O8. The maximum atomic E-state index is 15.0. The first-order valence-corrected chi connectivity index (χ1v) is 22.0. The Morgan fingerprint density at radius 1 is 0.968 bits per heavy atom. The van der Waals surface area contributed by atoms with E-state index in [9.17, 15) is 19.5 Å². The minimum atomic E-state index is -0.517. The van der Waals surface area contributed by atoms with Gasteiger partial charge >= 0.3 is 5.97 Å². The standard InChI is InChI=1S/C47H60N8O8/c1-7-31-27(2)35-25-39-32(9-11-41(58)63-23-22-61-19-12-48)28(3)34(50-39)24-36-29(4)33(8-10-40(57)53(6)15-18-56)44(51-36)43-45-42(30(5)37(52-45)26-38(31)49-35)46(59)55(47(43)60)14-13-54-16-20-62-21-17-54/h9,11,24-26,29,33,50,52,56H,7-8,10,12-23,48H2,1-6H3/b11-9+,34-24?,35-25?,36-24?,37-26?,38-26?,39-25?,44-43?/t29-,33-/m0/s1. The second kappa shape index (κ2) is 19.9. The summed E-state index contributed by atoms with van der Waals surface area (Å²) in [6.07, 6.45) is 4.35. The number of nitrogens with two attached hydrogens (primary N) is 1. The molecule has 7 heterocycles. The van der Waals surface area contributed by atoms with Gasteiger partial charge in [-0.3, -0.25) is 29.2 Å². The highest BCUT2D eigenvalue weighted by molar-refractivity contribution is 6.23. The van der Waals surface area contributed by atoms with Crippen LogP contribution in [0, 0.1) is 13.8 Å². The van der Waals surface area contributed by atoms with Crippen molar-refractivity contribution in [2.45, 2.75) is 65.7 Å². The topological polar surface area (TPSA) is 209 Å². The zero-order valence-electron chi connectivity index (χ0n) is 37.3. The van der Waals surface area contributed by atoms with E-state index in [2.05, 4.69) is 21.8 Å². The zero-order chi connectivity index (χ0) is 44.9. The number of allylic oxidation sites excluding steroid dienone is 2. The number of morpholine rings is 1. The molecule has 0 saturated carbocycles. The molecule has 4 aliphatic rings. The Morgan fingerprint density at radius 2 is 1.70 bits per heavy atom. The third kappa shape index (κ3) is 9.41. The second-order valence-electron chi connectivity index (χ2n) is 16.6. The molecule has 16 heteroatoms. The van der Waals surface area contributed by atoms with Crippen LogP contribution in [0.1, 0.15) is 112 Å². The summed E-state index contributed by atoms with van der Waals surface area (Å²) in [6.45, 7) is 14.4. The molecule has 3 aromatic heterocycles. The van der Waals surface area contributed by atoms with Gasteiger partial charge in [-0.05, 0) is 80.2 Å². The first kappa shape index (κ1) is 45.5. The number of hydrogen-bond donors (Lipinski definition) is 4. The van der Waals surface area contributed by atoms with Crippen molar-refractivity contribution in [3.05, 3.63) is 74.9 Å². The largest absolute Gasteiger partial charge is 0.460 e. The van der Waals surface area contributed by atoms with Crippen molar-refractivity contribution in [1.29, 1.82) is 0 Å². The van der Waals surface area contributed by atoms with Crippen LogP contribution in [-0.2, 0) is 23.8 Å². The van der Waals surface area contributed by atoms with Crippen molar-refractivity contribution >= 4 is 63.0 Å². The smallest absolute Gasteiger partial charge is 0.330 e. The molecule has 63 heavy (non-hydrogen) atoms. The Balaban J connectivity index is 1.46. The average Bonchev–Trinajstić information content (AvgIpc) is 3.95. The first-order valence-electron chi connectivity index (χ1n) is 22.0. The Hall–Kier alpha value is -5.52. The Morgan fingerprint density at radius 3 is 2.43 bits per heavy atom. The van der Waals surface area contributed by atoms with Crippen LogP contribution in [0.15, 0.2) is 24.3 Å². The Bertz CT molecular complexity index is 2500. The third-order valence-electron chi connectivity index (χ3n) is 12.7. The normalized spacial score (nSPS) is 17.9. The minimum Gasteiger partial charge on any atom is -0.460 e. The summed E-state index contributed by atoms with van der Waals surface area (Å²) >= 11 is 0. The number of aliphatic hydroxyl groups excluding tert-OH is 1. The zero-order valence-corrected chi connectivity index (χ0v) is 37.3. The maximum absolute atomic E-state index is 15.0. The van der Waals surface area contributed by atoms with Crippen LogP contribution in [0.25, 0.3) is 39.3 Å². The fourth-order valence-electron chi connectivity index (χ4n) is 8.96. The first-order chi connectivity index (χ1) is 30.4. The van der Waals surface area contributed by atoms with Gasteiger partial charge in [0.05, 0.1) is 66.8 Å². The molecule has 0 unspecified atom stereocenters. The molecule has 3 aromatic rings. The van der Waals surface area contributed by atoms with Gasteiger partial charge in [0, 0.05) is 98.5 Å². The molecule has 0 spiro atoms. The van der Waals surface area contributed by atoms with Gasteiger partial charge in [0.15, 0.2) is 0 Å². The van der Waals surface area contributed by atoms with Gasteiger partial charge in [-0.15, -0.1) is 0 Å². The molecule has 4 aliphatic heterocycles. The number of aromatic amines is 2. The van der Waals surface area contributed by atoms with Gasteiger partial charge in [-0.1, -0.05) is 13.8 Å². The van der Waals surface area contributed by atoms with Gasteiger partial charge in [-0.2, -0.15) is 0 Å². The number of aliphatic hydroxyl groups is 1. The summed E-state index contributed by atoms with van der Waals surface area (Å²) in [5, 5.41) is 9.55. The van der Waals surface area contributed by atoms with E-state index in [0.717, 1.165) is 44.7 Å². The van der Waals surface area contributed by atoms with E-state index in [4.69, 9.17) is 29.9 Å². The highest BCUT2D eigenvalue weighted by atomic mass is 16.6. The lowest BCUT2D eigenvalue weighted by Crippen LogP contribution is -2.47. The number of amides is 3. The van der Waals surface area contributed by atoms with Crippen molar-refractivity contribution in [3.8, 4) is 0 Å². The molecule has 5 N–H and O–H groups in total. The highest BCUT2D eigenvalue weighted by Crippen LogP contribution is 2.44. The quantitative estimate of drug-likeness (QED) is 0.0660. The maximum Gasteiger partial charge on any atom is 0.330 e. The number of H-pyrrole nitrogens is 2. The number of fused-ring (bicyclic) bond motifs is 8. The number of nitrogens with zero attached hydrogens (tertiary/aromatic N) is 5. The summed E-state index contributed by atoms with van der Waals surface area (Å²) in [7, 11) is 1.66. The van der Waals surface area contributed by atoms with E-state index in [1.165, 1.54) is 15.9 Å². The van der Waals surface area contributed by atoms with E-state index in [0.29, 0.717) is 98.0 Å². The van der Waals surface area contributed by atoms with Crippen molar-refractivity contribution in [2.24, 2.45) is 5.73 Å². The molecule has 1 saturated heterocycles. The molecule has 7 rings (SSSR count). The van der Waals surface area contributed by atoms with E-state index >= 15 is 4.79 Å². The predicted octanol–water partition coefficient (Wildman–Crippen LogP) is 4.85. The highest BCUT2D eigenvalue weighted by Gasteiger charge is 2.41. The number of esters is 1. The van der Waals surface area contributed by atoms with E-state index in [-0.39, 0.29) is 63.0 Å². The number of imide groups is 1. The van der Waals surface area contributed by atoms with Gasteiger partial charge < -0.3 is 39.9 Å². The number of aromatic nitrogens is 4. The number of likely N-dealkylation sites (N-methyl/N-ethyl adjacent to an activating group) is 1. The molecule has 2 atom stereocenters. The van der Waals surface area contributed by atoms with E-state index in [1.54, 1.807) is 13.1 Å². The SMILES string of the molecule is CCC1=C(C)c2cc3[nH]c(cc4nc(c5c6[nH]c(cc1n2)c(C)c6C(=O)N(CCN1CCOCC1)C5=O)[C@@H](CCC(=O)N(C)CCO)[C@@H]4C)c(C)c3/C=C/C(=O)OCCOCCN. The molecule has 0 aliphatic carbocycles. The van der Waals surface area contributed by atoms with Crippen LogP contribution in [0.3, 0.4) is 0 Å². The summed E-state index contributed by atoms with van der Waals surface area (Å²) in [5.41, 5.74) is 15.8. The van der Waals surface area contributed by atoms with Crippen molar-refractivity contribution < 1.29 is 38.5 Å². The molecule has 0 aromatic carbocycles. The number of carbonyl (C=O) groups excluding carboxylic acids is 4. The number of ether oxygens (including phenoxy) is 3. The van der Waals surface area contributed by atoms with Crippen LogP contribution < -0.4 is 5.73 Å². The van der Waals surface area contributed by atoms with Gasteiger partial charge in [-0.25, -0.2) is 9.78 Å². The molecule has 1 fully saturated rings. The van der Waals surface area contributed by atoms with Gasteiger partial charge in [0.25, 0.3) is 11.8 Å². The fourth-order valence-corrected chi connectivity index (χ4v) is 8.96. The predicted molar refractivity (Wildman–Crippen MR) is 241 cm³/mol. The van der Waals surface area contributed by atoms with E-state index < -0.39 is 11.9 Å². The molecule has 8 bridgehead atoms. The third-order valence-corrected chi connectivity index (χ3v) is 12.7. The molecule has 336 valence electrons. The minimum absolute atomic E-state index is 0.0918. The van der Waals surface area contributed by atoms with Gasteiger partial charge in [0.1, 0.15) is 6.61 Å². The average molecular weight is 865 g/mol. The lowest BCUT2D eigenvalue weighted by atomic mass is 9.84. The molecule has 16 nitrogen and oxygen atoms in total. The van der Waals surface area contributed by atoms with Crippen LogP contribution in [-0.4, -0.2) is 149 Å². The summed E-state index contributed by atoms with van der Waals surface area (Å²) < 4.78 is 16.3. The van der Waals surface area contributed by atoms with E-state index in [1.807, 2.05) is 45.9 Å². The number of nitrogens with one attached hydrogen (secondary N) is 2. The monoisotopic (exact) mass is 864 g/mol. The van der Waals surface area contributed by atoms with Gasteiger partial charge in [0.2, 0.25) is 5.91 Å². The Kier molecular flexibility index (Phi) is 14.4. The lowest BCUT2D eigenvalue weighted by Gasteiger charge is -2.31. The lowest BCUT2D eigenvalue weighted by molar-refractivity contribution is -0.139. The molecule has 0 radical (unpaired) electrons. The summed E-state index contributed by atoms with van der Waals surface area (Å²) in [6, 6.07) is 5.90. The van der Waals surface area contributed by atoms with Crippen LogP contribution in [0.4, 0.5) is 0 Å². The van der Waals surface area contributed by atoms with Crippen molar-refractivity contribution in [1.82, 2.24) is 34.6 Å². The Labute approximate surface area is 367 Å². The number of hydrogen-bond acceptors (Lipinski definition) is 12. The molecule has 3 amide bonds. The number of rotatable bonds is 16. The number of aryl methyl sites for hydroxylation is 2. The van der Waals surface area contributed by atoms with Crippen LogP contribution >= 0.6 is 0 Å². The molecular weight excluding hydrogens is 805 g/mol. The second-order valence-corrected chi connectivity index (χ2v) is 16.6. The van der Waals surface area contributed by atoms with Crippen molar-refractivity contribution in [2.75, 3.05) is 86.0 Å².